The fourth-order valence-corrected chi connectivity index (χ4v) is 2.28. The van der Waals surface area contributed by atoms with Crippen molar-refractivity contribution in [2.24, 2.45) is 10.9 Å². The lowest BCUT2D eigenvalue weighted by molar-refractivity contribution is -0.114. The van der Waals surface area contributed by atoms with Gasteiger partial charge in [0.1, 0.15) is 0 Å². The fraction of sp³-hybridized carbons (Fsp3) is 0.556. The lowest BCUT2D eigenvalue weighted by Gasteiger charge is -2.12. The molecule has 1 aliphatic carbocycles. The third-order valence-corrected chi connectivity index (χ3v) is 3.74. The third-order valence-electron chi connectivity index (χ3n) is 3.74. The van der Waals surface area contributed by atoms with Crippen molar-refractivity contribution in [1.29, 1.82) is 0 Å². The molecule has 1 fully saturated rings. The topological polar surface area (TPSA) is 74.8 Å². The standard InChI is InChI=1S/C18H28N4O2/c1-14(23)22-17-6-3-5-16(11-17)12-21-18(19-2)20-9-4-10-24-13-15-7-8-15/h3,5-6,11,15H,4,7-10,12-13H2,1-2H3,(H,22,23)(H2,19,20,21). The molecule has 1 aliphatic rings. The maximum absolute atomic E-state index is 11.1. The molecule has 6 heteroatoms. The van der Waals surface area contributed by atoms with Gasteiger partial charge in [0, 0.05) is 46.0 Å². The molecule has 0 aliphatic heterocycles. The summed E-state index contributed by atoms with van der Waals surface area (Å²) in [4.78, 5) is 15.3. The number of aliphatic imine (C=N–C) groups is 1. The van der Waals surface area contributed by atoms with E-state index in [1.807, 2.05) is 24.3 Å². The molecule has 0 radical (unpaired) electrons. The van der Waals surface area contributed by atoms with Gasteiger partial charge in [0.05, 0.1) is 0 Å². The van der Waals surface area contributed by atoms with E-state index in [1.54, 1.807) is 7.05 Å². The first-order chi connectivity index (χ1) is 11.7. The van der Waals surface area contributed by atoms with Crippen LogP contribution in [-0.4, -0.2) is 38.7 Å². The van der Waals surface area contributed by atoms with Gasteiger partial charge in [-0.25, -0.2) is 0 Å². The summed E-state index contributed by atoms with van der Waals surface area (Å²) < 4.78 is 5.61. The number of ether oxygens (including phenoxy) is 1. The number of rotatable bonds is 9. The number of benzene rings is 1. The first-order valence-electron chi connectivity index (χ1n) is 8.56. The molecular formula is C18H28N4O2. The summed E-state index contributed by atoms with van der Waals surface area (Å²) in [6.07, 6.45) is 3.63. The molecule has 24 heavy (non-hydrogen) atoms. The van der Waals surface area contributed by atoms with Gasteiger partial charge in [-0.3, -0.25) is 9.79 Å². The molecule has 6 nitrogen and oxygen atoms in total. The molecule has 3 N–H and O–H groups in total. The number of guanidine groups is 1. The SMILES string of the molecule is CN=C(NCCCOCC1CC1)NCc1cccc(NC(C)=O)c1. The van der Waals surface area contributed by atoms with Gasteiger partial charge in [0.2, 0.25) is 5.91 Å². The smallest absolute Gasteiger partial charge is 0.221 e. The summed E-state index contributed by atoms with van der Waals surface area (Å²) in [5.74, 6) is 1.52. The molecule has 1 aromatic carbocycles. The molecule has 2 rings (SSSR count). The quantitative estimate of drug-likeness (QED) is 0.368. The summed E-state index contributed by atoms with van der Waals surface area (Å²) in [6, 6.07) is 7.76. The first-order valence-corrected chi connectivity index (χ1v) is 8.56. The Labute approximate surface area is 144 Å². The van der Waals surface area contributed by atoms with E-state index < -0.39 is 0 Å². The number of nitrogens with one attached hydrogen (secondary N) is 3. The van der Waals surface area contributed by atoms with E-state index in [-0.39, 0.29) is 5.91 Å². The van der Waals surface area contributed by atoms with Crippen LogP contribution in [0.5, 0.6) is 0 Å². The largest absolute Gasteiger partial charge is 0.381 e. The highest BCUT2D eigenvalue weighted by atomic mass is 16.5. The van der Waals surface area contributed by atoms with Crippen molar-refractivity contribution in [1.82, 2.24) is 10.6 Å². The minimum Gasteiger partial charge on any atom is -0.381 e. The van der Waals surface area contributed by atoms with Crippen molar-refractivity contribution in [3.8, 4) is 0 Å². The van der Waals surface area contributed by atoms with Crippen molar-refractivity contribution < 1.29 is 9.53 Å². The van der Waals surface area contributed by atoms with Crippen molar-refractivity contribution in [2.75, 3.05) is 32.1 Å². The van der Waals surface area contributed by atoms with Gasteiger partial charge in [-0.1, -0.05) is 12.1 Å². The van der Waals surface area contributed by atoms with Gasteiger partial charge in [0.15, 0.2) is 5.96 Å². The maximum atomic E-state index is 11.1. The molecule has 0 heterocycles. The Kier molecular flexibility index (Phi) is 7.55. The van der Waals surface area contributed by atoms with Crippen LogP contribution in [0.25, 0.3) is 0 Å². The summed E-state index contributed by atoms with van der Waals surface area (Å²) in [7, 11) is 1.76. The van der Waals surface area contributed by atoms with E-state index in [0.29, 0.717) is 6.54 Å². The molecule has 1 aromatic rings. The zero-order valence-corrected chi connectivity index (χ0v) is 14.6. The molecule has 0 saturated heterocycles. The number of anilines is 1. The Hall–Kier alpha value is -2.08. The second-order valence-corrected chi connectivity index (χ2v) is 6.11. The number of hydrogen-bond donors (Lipinski definition) is 3. The number of carbonyl (C=O) groups excluding carboxylic acids is 1. The highest BCUT2D eigenvalue weighted by Crippen LogP contribution is 2.28. The number of amides is 1. The van der Waals surface area contributed by atoms with Crippen molar-refractivity contribution in [2.45, 2.75) is 32.7 Å². The fourth-order valence-electron chi connectivity index (χ4n) is 2.28. The van der Waals surface area contributed by atoms with E-state index in [0.717, 1.165) is 49.3 Å². The van der Waals surface area contributed by atoms with Gasteiger partial charge >= 0.3 is 0 Å². The third kappa shape index (κ3) is 7.46. The Balaban J connectivity index is 1.64. The second-order valence-electron chi connectivity index (χ2n) is 6.11. The highest BCUT2D eigenvalue weighted by molar-refractivity contribution is 5.88. The van der Waals surface area contributed by atoms with Crippen LogP contribution in [0.2, 0.25) is 0 Å². The van der Waals surface area contributed by atoms with Crippen LogP contribution in [0.1, 0.15) is 31.7 Å². The van der Waals surface area contributed by atoms with Crippen LogP contribution in [0, 0.1) is 5.92 Å². The predicted molar refractivity (Wildman–Crippen MR) is 97.1 cm³/mol. The molecule has 0 atom stereocenters. The van der Waals surface area contributed by atoms with Gasteiger partial charge < -0.3 is 20.7 Å². The lowest BCUT2D eigenvalue weighted by Crippen LogP contribution is -2.37. The molecular weight excluding hydrogens is 304 g/mol. The van der Waals surface area contributed by atoms with Crippen molar-refractivity contribution in [3.63, 3.8) is 0 Å². The van der Waals surface area contributed by atoms with Crippen molar-refractivity contribution >= 4 is 17.6 Å². The average Bonchev–Trinajstić information content (AvgIpc) is 3.37. The van der Waals surface area contributed by atoms with E-state index in [4.69, 9.17) is 4.74 Å². The van der Waals surface area contributed by atoms with Crippen LogP contribution in [0.3, 0.4) is 0 Å². The predicted octanol–water partition coefficient (Wildman–Crippen LogP) is 2.13. The van der Waals surface area contributed by atoms with E-state index in [9.17, 15) is 4.79 Å². The van der Waals surface area contributed by atoms with E-state index >= 15 is 0 Å². The Morgan fingerprint density at radius 1 is 1.33 bits per heavy atom. The molecule has 0 unspecified atom stereocenters. The molecule has 0 bridgehead atoms. The van der Waals surface area contributed by atoms with Crippen LogP contribution >= 0.6 is 0 Å². The summed E-state index contributed by atoms with van der Waals surface area (Å²) >= 11 is 0. The van der Waals surface area contributed by atoms with Gasteiger partial charge in [-0.2, -0.15) is 0 Å². The van der Waals surface area contributed by atoms with E-state index in [2.05, 4.69) is 20.9 Å². The average molecular weight is 332 g/mol. The zero-order chi connectivity index (χ0) is 17.2. The maximum Gasteiger partial charge on any atom is 0.221 e. The Bertz CT molecular complexity index is 556. The lowest BCUT2D eigenvalue weighted by atomic mass is 10.2. The first kappa shape index (κ1) is 18.3. The second kappa shape index (κ2) is 9.93. The number of hydrogen-bond acceptors (Lipinski definition) is 3. The van der Waals surface area contributed by atoms with Crippen LogP contribution in [-0.2, 0) is 16.1 Å². The van der Waals surface area contributed by atoms with Crippen LogP contribution in [0.15, 0.2) is 29.3 Å². The van der Waals surface area contributed by atoms with E-state index in [1.165, 1.54) is 19.8 Å². The number of carbonyl (C=O) groups is 1. The van der Waals surface area contributed by atoms with Crippen LogP contribution in [0.4, 0.5) is 5.69 Å². The van der Waals surface area contributed by atoms with Gasteiger partial charge in [-0.05, 0) is 42.9 Å². The highest BCUT2D eigenvalue weighted by Gasteiger charge is 2.20. The summed E-state index contributed by atoms with van der Waals surface area (Å²) in [5, 5.41) is 9.34. The molecule has 1 amide bonds. The van der Waals surface area contributed by atoms with Crippen molar-refractivity contribution in [3.05, 3.63) is 29.8 Å². The molecule has 0 spiro atoms. The van der Waals surface area contributed by atoms with Gasteiger partial charge in [0.25, 0.3) is 0 Å². The minimum atomic E-state index is -0.0681. The molecule has 1 saturated carbocycles. The van der Waals surface area contributed by atoms with Gasteiger partial charge in [-0.15, -0.1) is 0 Å². The monoisotopic (exact) mass is 332 g/mol. The normalized spacial score (nSPS) is 14.3. The zero-order valence-electron chi connectivity index (χ0n) is 14.6. The molecule has 0 aromatic heterocycles. The Morgan fingerprint density at radius 3 is 2.88 bits per heavy atom. The Morgan fingerprint density at radius 2 is 2.17 bits per heavy atom. The summed E-state index contributed by atoms with van der Waals surface area (Å²) in [6.45, 7) is 4.68. The van der Waals surface area contributed by atoms with Crippen LogP contribution < -0.4 is 16.0 Å². The minimum absolute atomic E-state index is 0.0681. The molecule has 132 valence electrons. The summed E-state index contributed by atoms with van der Waals surface area (Å²) in [5.41, 5.74) is 1.88. The number of nitrogens with zero attached hydrogens (tertiary/aromatic N) is 1.